The smallest absolute Gasteiger partial charge is 0.224 e. The molecule has 3 nitrogen and oxygen atoms in total. The standard InChI is InChI=1S/C8H12N2OS/c1-5(2)6-4-12-8(10-6)3-7(9)11/h4-5H,3H2,1-2H3,(H2,9,11). The molecule has 1 heterocycles. The molecule has 1 aromatic heterocycles. The number of thiazole rings is 1. The Labute approximate surface area is 75.6 Å². The van der Waals surface area contributed by atoms with E-state index in [-0.39, 0.29) is 12.3 Å². The van der Waals surface area contributed by atoms with Gasteiger partial charge in [-0.15, -0.1) is 11.3 Å². The number of amides is 1. The highest BCUT2D eigenvalue weighted by Gasteiger charge is 2.06. The summed E-state index contributed by atoms with van der Waals surface area (Å²) in [6.07, 6.45) is 0.261. The summed E-state index contributed by atoms with van der Waals surface area (Å²) in [6.45, 7) is 4.15. The summed E-state index contributed by atoms with van der Waals surface area (Å²) >= 11 is 1.49. The fourth-order valence-electron chi connectivity index (χ4n) is 0.821. The van der Waals surface area contributed by atoms with Crippen LogP contribution in [0.1, 0.15) is 30.5 Å². The molecule has 0 fully saturated rings. The van der Waals surface area contributed by atoms with Crippen molar-refractivity contribution in [3.63, 3.8) is 0 Å². The van der Waals surface area contributed by atoms with Crippen LogP contribution in [-0.2, 0) is 11.2 Å². The van der Waals surface area contributed by atoms with Gasteiger partial charge >= 0.3 is 0 Å². The molecule has 0 aliphatic carbocycles. The van der Waals surface area contributed by atoms with Crippen molar-refractivity contribution >= 4 is 17.2 Å². The Morgan fingerprint density at radius 1 is 1.75 bits per heavy atom. The van der Waals surface area contributed by atoms with Crippen molar-refractivity contribution in [2.24, 2.45) is 5.73 Å². The van der Waals surface area contributed by atoms with E-state index in [2.05, 4.69) is 18.8 Å². The third-order valence-corrected chi connectivity index (χ3v) is 2.35. The number of nitrogens with two attached hydrogens (primary N) is 1. The summed E-state index contributed by atoms with van der Waals surface area (Å²) < 4.78 is 0. The largest absolute Gasteiger partial charge is 0.369 e. The van der Waals surface area contributed by atoms with Crippen LogP contribution in [0.2, 0.25) is 0 Å². The highest BCUT2D eigenvalue weighted by atomic mass is 32.1. The number of carbonyl (C=O) groups is 1. The number of carbonyl (C=O) groups excluding carboxylic acids is 1. The maximum Gasteiger partial charge on any atom is 0.224 e. The number of hydrogen-bond acceptors (Lipinski definition) is 3. The van der Waals surface area contributed by atoms with E-state index in [0.717, 1.165) is 10.7 Å². The van der Waals surface area contributed by atoms with Gasteiger partial charge in [-0.25, -0.2) is 4.98 Å². The molecule has 0 radical (unpaired) electrons. The van der Waals surface area contributed by atoms with Crippen LogP contribution in [0.4, 0.5) is 0 Å². The molecule has 0 bridgehead atoms. The van der Waals surface area contributed by atoms with Gasteiger partial charge in [0, 0.05) is 5.38 Å². The minimum atomic E-state index is -0.320. The molecule has 0 atom stereocenters. The van der Waals surface area contributed by atoms with Gasteiger partial charge in [0.2, 0.25) is 5.91 Å². The van der Waals surface area contributed by atoms with Crippen molar-refractivity contribution in [1.82, 2.24) is 4.98 Å². The number of primary amides is 1. The topological polar surface area (TPSA) is 56.0 Å². The van der Waals surface area contributed by atoms with Crippen LogP contribution in [0, 0.1) is 0 Å². The average Bonchev–Trinajstić information content (AvgIpc) is 2.34. The lowest BCUT2D eigenvalue weighted by Crippen LogP contribution is -2.13. The van der Waals surface area contributed by atoms with Crippen LogP contribution >= 0.6 is 11.3 Å². The zero-order valence-electron chi connectivity index (χ0n) is 7.20. The van der Waals surface area contributed by atoms with Gasteiger partial charge in [0.25, 0.3) is 0 Å². The van der Waals surface area contributed by atoms with Crippen molar-refractivity contribution in [1.29, 1.82) is 0 Å². The van der Waals surface area contributed by atoms with Crippen molar-refractivity contribution in [3.8, 4) is 0 Å². The minimum absolute atomic E-state index is 0.261. The molecule has 1 amide bonds. The van der Waals surface area contributed by atoms with E-state index >= 15 is 0 Å². The first-order chi connectivity index (χ1) is 5.59. The third kappa shape index (κ3) is 2.30. The first-order valence-electron chi connectivity index (χ1n) is 3.82. The molecule has 4 heteroatoms. The zero-order valence-corrected chi connectivity index (χ0v) is 8.02. The van der Waals surface area contributed by atoms with E-state index in [1.807, 2.05) is 5.38 Å². The molecular weight excluding hydrogens is 172 g/mol. The molecule has 0 saturated carbocycles. The quantitative estimate of drug-likeness (QED) is 0.769. The van der Waals surface area contributed by atoms with Crippen molar-refractivity contribution < 1.29 is 4.79 Å². The Morgan fingerprint density at radius 2 is 2.42 bits per heavy atom. The van der Waals surface area contributed by atoms with Gasteiger partial charge in [0.15, 0.2) is 0 Å². The lowest BCUT2D eigenvalue weighted by molar-refractivity contribution is -0.117. The van der Waals surface area contributed by atoms with Gasteiger partial charge in [0.1, 0.15) is 5.01 Å². The highest BCUT2D eigenvalue weighted by Crippen LogP contribution is 2.17. The molecule has 0 spiro atoms. The van der Waals surface area contributed by atoms with Crippen LogP contribution in [0.25, 0.3) is 0 Å². The molecule has 0 aliphatic rings. The molecule has 0 aliphatic heterocycles. The Kier molecular flexibility index (Phi) is 2.81. The van der Waals surface area contributed by atoms with Crippen molar-refractivity contribution in [3.05, 3.63) is 16.1 Å². The minimum Gasteiger partial charge on any atom is -0.369 e. The summed E-state index contributed by atoms with van der Waals surface area (Å²) in [4.78, 5) is 14.8. The van der Waals surface area contributed by atoms with Gasteiger partial charge in [-0.05, 0) is 5.92 Å². The van der Waals surface area contributed by atoms with E-state index in [1.54, 1.807) is 0 Å². The van der Waals surface area contributed by atoms with Crippen molar-refractivity contribution in [2.75, 3.05) is 0 Å². The van der Waals surface area contributed by atoms with Crippen molar-refractivity contribution in [2.45, 2.75) is 26.2 Å². The Balaban J connectivity index is 2.70. The maximum absolute atomic E-state index is 10.5. The Hall–Kier alpha value is -0.900. The van der Waals surface area contributed by atoms with Crippen LogP contribution < -0.4 is 5.73 Å². The second-order valence-electron chi connectivity index (χ2n) is 2.96. The molecule has 12 heavy (non-hydrogen) atoms. The summed E-state index contributed by atoms with van der Waals surface area (Å²) in [5.41, 5.74) is 6.08. The fourth-order valence-corrected chi connectivity index (χ4v) is 1.79. The molecule has 0 saturated heterocycles. The molecule has 66 valence electrons. The second-order valence-corrected chi connectivity index (χ2v) is 3.91. The SMILES string of the molecule is CC(C)c1csc(CC(N)=O)n1. The van der Waals surface area contributed by atoms with E-state index in [1.165, 1.54) is 11.3 Å². The number of aromatic nitrogens is 1. The van der Waals surface area contributed by atoms with Gasteiger partial charge < -0.3 is 5.73 Å². The predicted molar refractivity (Wildman–Crippen MR) is 49.1 cm³/mol. The fraction of sp³-hybridized carbons (Fsp3) is 0.500. The number of hydrogen-bond donors (Lipinski definition) is 1. The van der Waals surface area contributed by atoms with Crippen LogP contribution in [-0.4, -0.2) is 10.9 Å². The monoisotopic (exact) mass is 184 g/mol. The van der Waals surface area contributed by atoms with E-state index in [0.29, 0.717) is 5.92 Å². The van der Waals surface area contributed by atoms with Crippen LogP contribution in [0.3, 0.4) is 0 Å². The van der Waals surface area contributed by atoms with Crippen LogP contribution in [0.5, 0.6) is 0 Å². The highest BCUT2D eigenvalue weighted by molar-refractivity contribution is 7.09. The molecule has 0 unspecified atom stereocenters. The first-order valence-corrected chi connectivity index (χ1v) is 4.70. The predicted octanol–water partition coefficient (Wildman–Crippen LogP) is 1.29. The lowest BCUT2D eigenvalue weighted by Gasteiger charge is -1.96. The third-order valence-electron chi connectivity index (χ3n) is 1.49. The average molecular weight is 184 g/mol. The Morgan fingerprint density at radius 3 is 2.83 bits per heavy atom. The van der Waals surface area contributed by atoms with Crippen LogP contribution in [0.15, 0.2) is 5.38 Å². The summed E-state index contributed by atoms with van der Waals surface area (Å²) in [5, 5.41) is 2.79. The second kappa shape index (κ2) is 3.67. The van der Waals surface area contributed by atoms with Gasteiger partial charge in [-0.3, -0.25) is 4.79 Å². The zero-order chi connectivity index (χ0) is 9.14. The van der Waals surface area contributed by atoms with E-state index in [4.69, 9.17) is 5.73 Å². The molecule has 1 rings (SSSR count). The van der Waals surface area contributed by atoms with Gasteiger partial charge in [0.05, 0.1) is 12.1 Å². The Bertz CT molecular complexity index is 280. The van der Waals surface area contributed by atoms with Gasteiger partial charge in [-0.1, -0.05) is 13.8 Å². The summed E-state index contributed by atoms with van der Waals surface area (Å²) in [6, 6.07) is 0. The number of rotatable bonds is 3. The first kappa shape index (κ1) is 9.19. The van der Waals surface area contributed by atoms with E-state index < -0.39 is 0 Å². The molecule has 2 N–H and O–H groups in total. The maximum atomic E-state index is 10.5. The van der Waals surface area contributed by atoms with Gasteiger partial charge in [-0.2, -0.15) is 0 Å². The summed E-state index contributed by atoms with van der Waals surface area (Å²) in [7, 11) is 0. The normalized spacial score (nSPS) is 10.6. The summed E-state index contributed by atoms with van der Waals surface area (Å²) in [5.74, 6) is 0.0996. The molecule has 0 aromatic carbocycles. The number of nitrogens with zero attached hydrogens (tertiary/aromatic N) is 1. The molecule has 1 aromatic rings. The molecular formula is C8H12N2OS. The van der Waals surface area contributed by atoms with E-state index in [9.17, 15) is 4.79 Å². The lowest BCUT2D eigenvalue weighted by atomic mass is 10.2.